The maximum absolute atomic E-state index is 12.6. The number of benzene rings is 2. The molecule has 1 amide bonds. The minimum Gasteiger partial charge on any atom is -0.481 e. The largest absolute Gasteiger partial charge is 0.573 e. The number of ether oxygens (including phenoxy) is 1. The highest BCUT2D eigenvalue weighted by Crippen LogP contribution is 2.54. The van der Waals surface area contributed by atoms with Crippen molar-refractivity contribution in [2.45, 2.75) is 25.1 Å². The van der Waals surface area contributed by atoms with E-state index in [9.17, 15) is 27.9 Å². The van der Waals surface area contributed by atoms with Crippen molar-refractivity contribution in [2.75, 3.05) is 0 Å². The van der Waals surface area contributed by atoms with Gasteiger partial charge in [0, 0.05) is 22.6 Å². The highest BCUT2D eigenvalue weighted by atomic mass is 19.4. The molecule has 0 unspecified atom stereocenters. The van der Waals surface area contributed by atoms with Crippen LogP contribution in [0.3, 0.4) is 0 Å². The summed E-state index contributed by atoms with van der Waals surface area (Å²) in [7, 11) is 0. The fourth-order valence-electron chi connectivity index (χ4n) is 3.88. The van der Waals surface area contributed by atoms with E-state index in [4.69, 9.17) is 5.73 Å². The van der Waals surface area contributed by atoms with E-state index < -0.39 is 35.3 Å². The maximum Gasteiger partial charge on any atom is 0.573 e. The lowest BCUT2D eigenvalue weighted by Gasteiger charge is -2.15. The Bertz CT molecular complexity index is 1180. The number of fused-ring (bicyclic) bond motifs is 1. The van der Waals surface area contributed by atoms with Crippen molar-refractivity contribution >= 4 is 22.8 Å². The summed E-state index contributed by atoms with van der Waals surface area (Å²) >= 11 is 0. The van der Waals surface area contributed by atoms with Gasteiger partial charge in [0.15, 0.2) is 0 Å². The number of hydrogen-bond acceptors (Lipinski definition) is 3. The van der Waals surface area contributed by atoms with Crippen molar-refractivity contribution in [3.05, 3.63) is 59.8 Å². The standard InChI is InChI=1S/C21H17F3N2O4/c1-20(10-15(20)19(28)29)12-3-2-4-13(8-12)26-16-9-14(30-21(22,23)24)6-5-11(16)7-17(26)18(25)27/h2-9,15H,10H2,1H3,(H2,25,27)(H,28,29)/t15-,20-/m0/s1. The van der Waals surface area contributed by atoms with Gasteiger partial charge in [-0.2, -0.15) is 0 Å². The molecule has 30 heavy (non-hydrogen) atoms. The molecule has 1 aromatic heterocycles. The molecule has 3 aromatic rings. The van der Waals surface area contributed by atoms with Crippen LogP contribution in [0.5, 0.6) is 5.75 Å². The Morgan fingerprint density at radius 3 is 2.53 bits per heavy atom. The number of aromatic nitrogens is 1. The summed E-state index contributed by atoms with van der Waals surface area (Å²) in [5.41, 5.74) is 6.58. The molecule has 0 bridgehead atoms. The molecule has 1 aliphatic carbocycles. The van der Waals surface area contributed by atoms with Crippen LogP contribution in [0.2, 0.25) is 0 Å². The molecular formula is C21H17F3N2O4. The van der Waals surface area contributed by atoms with E-state index >= 15 is 0 Å². The third kappa shape index (κ3) is 3.36. The Labute approximate surface area is 168 Å². The number of rotatable bonds is 5. The zero-order valence-electron chi connectivity index (χ0n) is 15.7. The monoisotopic (exact) mass is 418 g/mol. The zero-order chi connectivity index (χ0) is 21.8. The number of carboxylic acids is 1. The van der Waals surface area contributed by atoms with E-state index in [-0.39, 0.29) is 5.69 Å². The smallest absolute Gasteiger partial charge is 0.481 e. The first-order chi connectivity index (χ1) is 14.0. The molecule has 0 saturated heterocycles. The van der Waals surface area contributed by atoms with Crippen LogP contribution in [0.15, 0.2) is 48.5 Å². The second-order valence-electron chi connectivity index (χ2n) is 7.56. The lowest BCUT2D eigenvalue weighted by Crippen LogP contribution is -2.17. The number of carboxylic acid groups (broad SMARTS) is 1. The average Bonchev–Trinajstić information content (AvgIpc) is 3.21. The van der Waals surface area contributed by atoms with Gasteiger partial charge in [-0.05, 0) is 42.3 Å². The van der Waals surface area contributed by atoms with Gasteiger partial charge in [-0.15, -0.1) is 13.2 Å². The average molecular weight is 418 g/mol. The number of primary amides is 1. The Morgan fingerprint density at radius 1 is 1.20 bits per heavy atom. The summed E-state index contributed by atoms with van der Waals surface area (Å²) in [6.07, 6.45) is -4.38. The number of nitrogens with zero attached hydrogens (tertiary/aromatic N) is 1. The Kier molecular flexibility index (Phi) is 4.30. The molecule has 4 rings (SSSR count). The van der Waals surface area contributed by atoms with Crippen LogP contribution in [0, 0.1) is 5.92 Å². The predicted molar refractivity (Wildman–Crippen MR) is 102 cm³/mol. The highest BCUT2D eigenvalue weighted by molar-refractivity contribution is 5.99. The van der Waals surface area contributed by atoms with Crippen LogP contribution >= 0.6 is 0 Å². The number of carbonyl (C=O) groups excluding carboxylic acids is 1. The summed E-state index contributed by atoms with van der Waals surface area (Å²) in [6, 6.07) is 12.1. The number of amides is 1. The van der Waals surface area contributed by atoms with Gasteiger partial charge in [0.05, 0.1) is 11.4 Å². The molecule has 0 spiro atoms. The Morgan fingerprint density at radius 2 is 1.93 bits per heavy atom. The van der Waals surface area contributed by atoms with Crippen LogP contribution in [0.4, 0.5) is 13.2 Å². The van der Waals surface area contributed by atoms with Crippen LogP contribution in [-0.4, -0.2) is 27.9 Å². The first-order valence-corrected chi connectivity index (χ1v) is 9.04. The van der Waals surface area contributed by atoms with Crippen LogP contribution in [0.1, 0.15) is 29.4 Å². The second kappa shape index (κ2) is 6.51. The van der Waals surface area contributed by atoms with Gasteiger partial charge >= 0.3 is 12.3 Å². The van der Waals surface area contributed by atoms with Gasteiger partial charge in [-0.25, -0.2) is 0 Å². The van der Waals surface area contributed by atoms with Gasteiger partial charge in [-0.3, -0.25) is 9.59 Å². The quantitative estimate of drug-likeness (QED) is 0.655. The Hall–Kier alpha value is -3.49. The summed E-state index contributed by atoms with van der Waals surface area (Å²) in [4.78, 5) is 23.4. The Balaban J connectivity index is 1.86. The fourth-order valence-corrected chi connectivity index (χ4v) is 3.88. The van der Waals surface area contributed by atoms with Crippen LogP contribution in [0.25, 0.3) is 16.6 Å². The molecule has 0 aliphatic heterocycles. The molecule has 1 saturated carbocycles. The number of halogens is 3. The number of aliphatic carboxylic acids is 1. The van der Waals surface area contributed by atoms with E-state index in [1.807, 2.05) is 6.92 Å². The van der Waals surface area contributed by atoms with E-state index in [0.717, 1.165) is 11.6 Å². The molecule has 0 radical (unpaired) electrons. The van der Waals surface area contributed by atoms with E-state index in [2.05, 4.69) is 4.74 Å². The SMILES string of the molecule is C[C@@]1(c2cccc(-n3c(C(N)=O)cc4ccc(OC(F)(F)F)cc43)c2)C[C@H]1C(=O)O. The number of alkyl halides is 3. The molecule has 1 fully saturated rings. The van der Waals surface area contributed by atoms with Gasteiger partial charge < -0.3 is 20.1 Å². The lowest BCUT2D eigenvalue weighted by atomic mass is 9.95. The van der Waals surface area contributed by atoms with E-state index in [1.165, 1.54) is 22.8 Å². The summed E-state index contributed by atoms with van der Waals surface area (Å²) < 4.78 is 43.4. The zero-order valence-corrected chi connectivity index (χ0v) is 15.7. The topological polar surface area (TPSA) is 94.5 Å². The van der Waals surface area contributed by atoms with Gasteiger partial charge in [0.25, 0.3) is 5.91 Å². The van der Waals surface area contributed by atoms with Crippen LogP contribution < -0.4 is 10.5 Å². The molecule has 2 aromatic carbocycles. The normalized spacial score (nSPS) is 20.9. The van der Waals surface area contributed by atoms with Crippen LogP contribution in [-0.2, 0) is 10.2 Å². The fraction of sp³-hybridized carbons (Fsp3) is 0.238. The van der Waals surface area contributed by atoms with Gasteiger partial charge in [-0.1, -0.05) is 19.1 Å². The third-order valence-corrected chi connectivity index (χ3v) is 5.56. The molecule has 6 nitrogen and oxygen atoms in total. The molecule has 1 aliphatic rings. The van der Waals surface area contributed by atoms with Crippen molar-refractivity contribution < 1.29 is 32.6 Å². The van der Waals surface area contributed by atoms with Crippen molar-refractivity contribution in [2.24, 2.45) is 11.7 Å². The summed E-state index contributed by atoms with van der Waals surface area (Å²) in [6.45, 7) is 1.84. The molecule has 9 heteroatoms. The second-order valence-corrected chi connectivity index (χ2v) is 7.56. The molecule has 2 atom stereocenters. The van der Waals surface area contributed by atoms with E-state index in [1.54, 1.807) is 24.3 Å². The first kappa shape index (κ1) is 19.8. The highest BCUT2D eigenvalue weighted by Gasteiger charge is 2.56. The van der Waals surface area contributed by atoms with Crippen molar-refractivity contribution in [1.82, 2.24) is 4.57 Å². The number of carbonyl (C=O) groups is 2. The van der Waals surface area contributed by atoms with Crippen molar-refractivity contribution in [3.8, 4) is 11.4 Å². The van der Waals surface area contributed by atoms with Crippen molar-refractivity contribution in [1.29, 1.82) is 0 Å². The van der Waals surface area contributed by atoms with Crippen molar-refractivity contribution in [3.63, 3.8) is 0 Å². The van der Waals surface area contributed by atoms with E-state index in [0.29, 0.717) is 23.0 Å². The molecular weight excluding hydrogens is 401 g/mol. The molecule has 3 N–H and O–H groups in total. The summed E-state index contributed by atoms with van der Waals surface area (Å²) in [5.74, 6) is -2.59. The molecule has 156 valence electrons. The minimum atomic E-state index is -4.86. The molecule has 1 heterocycles. The number of nitrogens with two attached hydrogens (primary N) is 1. The van der Waals surface area contributed by atoms with Gasteiger partial charge in [0.2, 0.25) is 0 Å². The maximum atomic E-state index is 12.6. The van der Waals surface area contributed by atoms with Gasteiger partial charge in [0.1, 0.15) is 11.4 Å². The number of hydrogen-bond donors (Lipinski definition) is 2. The first-order valence-electron chi connectivity index (χ1n) is 9.04. The summed E-state index contributed by atoms with van der Waals surface area (Å²) in [5, 5.41) is 9.82. The third-order valence-electron chi connectivity index (χ3n) is 5.56. The predicted octanol–water partition coefficient (Wildman–Crippen LogP) is 3.99. The lowest BCUT2D eigenvalue weighted by molar-refractivity contribution is -0.274. The minimum absolute atomic E-state index is 0.0852.